The highest BCUT2D eigenvalue weighted by Gasteiger charge is 2.29. The van der Waals surface area contributed by atoms with Crippen LogP contribution in [0, 0.1) is 11.6 Å². The molecule has 0 bridgehead atoms. The van der Waals surface area contributed by atoms with Crippen molar-refractivity contribution in [2.75, 3.05) is 31.6 Å². The quantitative estimate of drug-likeness (QED) is 0.760. The molecule has 0 atom stereocenters. The molecule has 0 aliphatic carbocycles. The van der Waals surface area contributed by atoms with Crippen LogP contribution in [0.15, 0.2) is 18.2 Å². The van der Waals surface area contributed by atoms with Crippen LogP contribution in [-0.2, 0) is 9.53 Å². The summed E-state index contributed by atoms with van der Waals surface area (Å²) in [4.78, 5) is 11.6. The Kier molecular flexibility index (Phi) is 5.22. The van der Waals surface area contributed by atoms with E-state index in [1.807, 2.05) is 0 Å². The average molecular weight is 300 g/mol. The second-order valence-corrected chi connectivity index (χ2v) is 5.09. The Balaban J connectivity index is 1.80. The molecule has 1 heterocycles. The second-order valence-electron chi connectivity index (χ2n) is 5.09. The van der Waals surface area contributed by atoms with Crippen molar-refractivity contribution in [1.29, 1.82) is 0 Å². The number of halogens is 2. The fraction of sp³-hybridized carbons (Fsp3) is 0.500. The number of hydrogen-bond donors (Lipinski definition) is 3. The average Bonchev–Trinajstić information content (AvgIpc) is 2.44. The van der Waals surface area contributed by atoms with E-state index in [4.69, 9.17) is 4.74 Å². The molecule has 1 aliphatic rings. The van der Waals surface area contributed by atoms with Crippen LogP contribution in [0.4, 0.5) is 14.5 Å². The van der Waals surface area contributed by atoms with Crippen molar-refractivity contribution in [1.82, 2.24) is 5.32 Å². The molecular formula is C14H18F2N2O3. The maximum Gasteiger partial charge on any atom is 0.238 e. The Morgan fingerprint density at radius 1 is 1.29 bits per heavy atom. The largest absolute Gasteiger partial charge is 0.388 e. The van der Waals surface area contributed by atoms with Gasteiger partial charge in [0.05, 0.1) is 12.1 Å². The zero-order valence-electron chi connectivity index (χ0n) is 11.5. The molecule has 7 heteroatoms. The number of anilines is 1. The lowest BCUT2D eigenvalue weighted by Crippen LogP contribution is -2.46. The number of carbonyl (C=O) groups is 1. The summed E-state index contributed by atoms with van der Waals surface area (Å²) in [5.74, 6) is -2.23. The van der Waals surface area contributed by atoms with Gasteiger partial charge in [-0.15, -0.1) is 0 Å². The van der Waals surface area contributed by atoms with Crippen molar-refractivity contribution in [2.45, 2.75) is 18.4 Å². The first-order valence-corrected chi connectivity index (χ1v) is 6.75. The zero-order valence-corrected chi connectivity index (χ0v) is 11.5. The minimum absolute atomic E-state index is 0.142. The first kappa shape index (κ1) is 15.8. The van der Waals surface area contributed by atoms with Gasteiger partial charge in [-0.3, -0.25) is 4.79 Å². The molecule has 5 nitrogen and oxygen atoms in total. The van der Waals surface area contributed by atoms with E-state index >= 15 is 0 Å². The van der Waals surface area contributed by atoms with Gasteiger partial charge in [0.25, 0.3) is 0 Å². The number of benzene rings is 1. The van der Waals surface area contributed by atoms with Crippen LogP contribution in [0.2, 0.25) is 0 Å². The number of rotatable bonds is 5. The molecule has 1 aromatic carbocycles. The summed E-state index contributed by atoms with van der Waals surface area (Å²) < 4.78 is 31.9. The lowest BCUT2D eigenvalue weighted by Gasteiger charge is -2.32. The summed E-state index contributed by atoms with van der Waals surface area (Å²) in [6, 6.07) is 3.35. The number of aliphatic hydroxyl groups is 1. The van der Waals surface area contributed by atoms with Gasteiger partial charge < -0.3 is 20.5 Å². The van der Waals surface area contributed by atoms with Crippen LogP contribution in [0.3, 0.4) is 0 Å². The Morgan fingerprint density at radius 2 is 1.90 bits per heavy atom. The number of hydrogen-bond acceptors (Lipinski definition) is 4. The predicted octanol–water partition coefficient (Wildman–Crippen LogP) is 1.03. The van der Waals surface area contributed by atoms with Gasteiger partial charge in [-0.05, 0) is 12.1 Å². The van der Waals surface area contributed by atoms with Crippen molar-refractivity contribution in [3.05, 3.63) is 29.8 Å². The van der Waals surface area contributed by atoms with Crippen molar-refractivity contribution in [2.24, 2.45) is 0 Å². The van der Waals surface area contributed by atoms with Crippen molar-refractivity contribution in [3.8, 4) is 0 Å². The van der Waals surface area contributed by atoms with E-state index in [0.717, 1.165) is 12.1 Å². The summed E-state index contributed by atoms with van der Waals surface area (Å²) in [7, 11) is 0. The molecule has 21 heavy (non-hydrogen) atoms. The Hall–Kier alpha value is -1.57. The standard InChI is InChI=1S/C14H18F2N2O3/c15-10-2-1-3-11(16)13(10)18-12(19)8-17-9-14(20)4-6-21-7-5-14/h1-3,17,20H,4-9H2,(H,18,19). The molecule has 116 valence electrons. The minimum Gasteiger partial charge on any atom is -0.388 e. The molecule has 1 fully saturated rings. The molecule has 1 aliphatic heterocycles. The lowest BCUT2D eigenvalue weighted by atomic mass is 9.94. The predicted molar refractivity (Wildman–Crippen MR) is 72.9 cm³/mol. The second kappa shape index (κ2) is 6.93. The maximum atomic E-state index is 13.4. The van der Waals surface area contributed by atoms with E-state index in [-0.39, 0.29) is 13.1 Å². The number of para-hydroxylation sites is 1. The van der Waals surface area contributed by atoms with E-state index in [0.29, 0.717) is 26.1 Å². The van der Waals surface area contributed by atoms with E-state index in [9.17, 15) is 18.7 Å². The molecule has 0 spiro atoms. The summed E-state index contributed by atoms with van der Waals surface area (Å²) in [5.41, 5.74) is -1.36. The van der Waals surface area contributed by atoms with Gasteiger partial charge >= 0.3 is 0 Å². The van der Waals surface area contributed by atoms with Gasteiger partial charge in [-0.25, -0.2) is 8.78 Å². The molecule has 0 saturated carbocycles. The fourth-order valence-electron chi connectivity index (χ4n) is 2.14. The lowest BCUT2D eigenvalue weighted by molar-refractivity contribution is -0.115. The summed E-state index contributed by atoms with van der Waals surface area (Å²) in [6.45, 7) is 1.04. The summed E-state index contributed by atoms with van der Waals surface area (Å²) in [6.07, 6.45) is 0.979. The van der Waals surface area contributed by atoms with Gasteiger partial charge in [0.15, 0.2) is 0 Å². The number of carbonyl (C=O) groups excluding carboxylic acids is 1. The fourth-order valence-corrected chi connectivity index (χ4v) is 2.14. The molecule has 0 aromatic heterocycles. The molecule has 0 unspecified atom stereocenters. The van der Waals surface area contributed by atoms with E-state index < -0.39 is 28.8 Å². The first-order chi connectivity index (χ1) is 10.0. The summed E-state index contributed by atoms with van der Waals surface area (Å²) >= 11 is 0. The van der Waals surface area contributed by atoms with Crippen molar-refractivity contribution in [3.63, 3.8) is 0 Å². The smallest absolute Gasteiger partial charge is 0.238 e. The Labute approximate surface area is 121 Å². The molecule has 3 N–H and O–H groups in total. The molecule has 2 rings (SSSR count). The van der Waals surface area contributed by atoms with Crippen LogP contribution in [0.5, 0.6) is 0 Å². The highest BCUT2D eigenvalue weighted by atomic mass is 19.1. The van der Waals surface area contributed by atoms with Gasteiger partial charge in [-0.2, -0.15) is 0 Å². The Morgan fingerprint density at radius 3 is 2.52 bits per heavy atom. The minimum atomic E-state index is -0.901. The van der Waals surface area contributed by atoms with Crippen LogP contribution < -0.4 is 10.6 Å². The maximum absolute atomic E-state index is 13.4. The van der Waals surface area contributed by atoms with Crippen LogP contribution in [0.1, 0.15) is 12.8 Å². The normalized spacial score (nSPS) is 17.5. The third-order valence-corrected chi connectivity index (χ3v) is 3.39. The van der Waals surface area contributed by atoms with Gasteiger partial charge in [0.1, 0.15) is 17.3 Å². The van der Waals surface area contributed by atoms with Crippen molar-refractivity contribution >= 4 is 11.6 Å². The third-order valence-electron chi connectivity index (χ3n) is 3.39. The van der Waals surface area contributed by atoms with E-state index in [1.165, 1.54) is 6.07 Å². The molecule has 1 amide bonds. The molecule has 0 radical (unpaired) electrons. The molecule has 1 aromatic rings. The first-order valence-electron chi connectivity index (χ1n) is 6.75. The highest BCUT2D eigenvalue weighted by Crippen LogP contribution is 2.19. The topological polar surface area (TPSA) is 70.6 Å². The monoisotopic (exact) mass is 300 g/mol. The number of amides is 1. The highest BCUT2D eigenvalue weighted by molar-refractivity contribution is 5.92. The van der Waals surface area contributed by atoms with E-state index in [2.05, 4.69) is 10.6 Å². The van der Waals surface area contributed by atoms with Crippen LogP contribution in [0.25, 0.3) is 0 Å². The number of ether oxygens (including phenoxy) is 1. The van der Waals surface area contributed by atoms with Gasteiger partial charge in [0, 0.05) is 32.6 Å². The number of nitrogens with one attached hydrogen (secondary N) is 2. The Bertz CT molecular complexity index is 485. The molecule has 1 saturated heterocycles. The van der Waals surface area contributed by atoms with Gasteiger partial charge in [-0.1, -0.05) is 6.07 Å². The van der Waals surface area contributed by atoms with Crippen LogP contribution in [-0.4, -0.2) is 42.9 Å². The zero-order chi connectivity index (χ0) is 15.3. The van der Waals surface area contributed by atoms with Crippen molar-refractivity contribution < 1.29 is 23.4 Å². The van der Waals surface area contributed by atoms with Crippen LogP contribution >= 0.6 is 0 Å². The summed E-state index contributed by atoms with van der Waals surface area (Å²) in [5, 5.41) is 15.1. The SMILES string of the molecule is O=C(CNCC1(O)CCOCC1)Nc1c(F)cccc1F. The molecular weight excluding hydrogens is 282 g/mol. The van der Waals surface area contributed by atoms with E-state index in [1.54, 1.807) is 0 Å². The van der Waals surface area contributed by atoms with Gasteiger partial charge in [0.2, 0.25) is 5.91 Å². The third kappa shape index (κ3) is 4.45.